The van der Waals surface area contributed by atoms with Crippen molar-refractivity contribution in [3.63, 3.8) is 0 Å². The highest BCUT2D eigenvalue weighted by Gasteiger charge is 2.09. The molecule has 1 aromatic heterocycles. The van der Waals surface area contributed by atoms with Crippen LogP contribution in [-0.2, 0) is 0 Å². The van der Waals surface area contributed by atoms with Crippen LogP contribution in [0, 0.1) is 0 Å². The first kappa shape index (κ1) is 18.7. The van der Waals surface area contributed by atoms with Crippen LogP contribution in [0.5, 0.6) is 5.75 Å². The van der Waals surface area contributed by atoms with Crippen molar-refractivity contribution in [3.8, 4) is 17.1 Å². The highest BCUT2D eigenvalue weighted by atomic mass is 35.5. The topological polar surface area (TPSA) is 79.4 Å². The summed E-state index contributed by atoms with van der Waals surface area (Å²) in [5.41, 5.74) is 6.28. The Morgan fingerprint density at radius 3 is 2.76 bits per heavy atom. The molecule has 0 aliphatic carbocycles. The first-order valence-electron chi connectivity index (χ1n) is 8.85. The van der Waals surface area contributed by atoms with Crippen molar-refractivity contribution in [3.05, 3.63) is 82.9 Å². The molecule has 0 atom stereocenters. The summed E-state index contributed by atoms with van der Waals surface area (Å²) < 4.78 is 5.17. The molecule has 0 radical (unpaired) electrons. The van der Waals surface area contributed by atoms with E-state index in [0.29, 0.717) is 16.4 Å². The lowest BCUT2D eigenvalue weighted by Crippen LogP contribution is -2.17. The zero-order chi connectivity index (χ0) is 20.2. The number of aromatic amines is 1. The Morgan fingerprint density at radius 1 is 1.14 bits per heavy atom. The maximum absolute atomic E-state index is 12.4. The zero-order valence-corrected chi connectivity index (χ0v) is 16.3. The number of H-pyrrole nitrogens is 1. The number of aromatic nitrogens is 2. The first-order chi connectivity index (χ1) is 14.1. The molecular formula is C22H17ClN4O2. The fourth-order valence-corrected chi connectivity index (χ4v) is 2.97. The number of benzene rings is 3. The minimum Gasteiger partial charge on any atom is -0.497 e. The molecule has 0 spiro atoms. The monoisotopic (exact) mass is 404 g/mol. The van der Waals surface area contributed by atoms with Crippen LogP contribution in [0.3, 0.4) is 0 Å². The maximum atomic E-state index is 12.4. The molecule has 144 valence electrons. The molecule has 0 unspecified atom stereocenters. The van der Waals surface area contributed by atoms with Gasteiger partial charge in [-0.25, -0.2) is 10.4 Å². The number of carbonyl (C=O) groups excluding carboxylic acids is 1. The number of hydrogen-bond acceptors (Lipinski definition) is 4. The van der Waals surface area contributed by atoms with Crippen LogP contribution in [0.15, 0.2) is 71.8 Å². The Hall–Kier alpha value is -3.64. The number of hydrazone groups is 1. The van der Waals surface area contributed by atoms with Gasteiger partial charge in [0.2, 0.25) is 0 Å². The number of carbonyl (C=O) groups is 1. The van der Waals surface area contributed by atoms with Crippen molar-refractivity contribution in [2.45, 2.75) is 0 Å². The zero-order valence-electron chi connectivity index (χ0n) is 15.5. The van der Waals surface area contributed by atoms with Gasteiger partial charge in [0.05, 0.1) is 24.4 Å². The average molecular weight is 405 g/mol. The number of nitrogens with zero attached hydrogens (tertiary/aromatic N) is 2. The predicted octanol–water partition coefficient (Wildman–Crippen LogP) is 4.66. The first-order valence-corrected chi connectivity index (χ1v) is 9.23. The second-order valence-electron chi connectivity index (χ2n) is 6.30. The minimum atomic E-state index is -0.311. The number of ether oxygens (including phenoxy) is 1. The minimum absolute atomic E-state index is 0.311. The van der Waals surface area contributed by atoms with Crippen LogP contribution >= 0.6 is 11.6 Å². The van der Waals surface area contributed by atoms with Gasteiger partial charge in [0.15, 0.2) is 0 Å². The summed E-state index contributed by atoms with van der Waals surface area (Å²) >= 11 is 5.94. The normalized spacial score (nSPS) is 11.1. The van der Waals surface area contributed by atoms with Crippen LogP contribution in [0.2, 0.25) is 5.02 Å². The van der Waals surface area contributed by atoms with Crippen molar-refractivity contribution < 1.29 is 9.53 Å². The van der Waals surface area contributed by atoms with Gasteiger partial charge in [0.25, 0.3) is 5.91 Å². The lowest BCUT2D eigenvalue weighted by atomic mass is 10.2. The van der Waals surface area contributed by atoms with Gasteiger partial charge >= 0.3 is 0 Å². The summed E-state index contributed by atoms with van der Waals surface area (Å²) in [6, 6.07) is 20.0. The number of methoxy groups -OCH3 is 1. The molecule has 0 saturated heterocycles. The van der Waals surface area contributed by atoms with Gasteiger partial charge in [-0.1, -0.05) is 23.7 Å². The third kappa shape index (κ3) is 4.28. The third-order valence-electron chi connectivity index (χ3n) is 4.34. The number of rotatable bonds is 5. The molecule has 7 heteroatoms. The standard InChI is InChI=1S/C22H17ClN4O2/c1-29-18-4-2-3-14(11-18)13-24-27-22(28)16-7-10-19-20(12-16)26-21(25-19)15-5-8-17(23)9-6-15/h2-13H,1H3,(H,25,26)(H,27,28). The van der Waals surface area contributed by atoms with Gasteiger partial charge in [-0.2, -0.15) is 5.10 Å². The number of imidazole rings is 1. The molecule has 0 aliphatic heterocycles. The molecule has 6 nitrogen and oxygen atoms in total. The molecule has 2 N–H and O–H groups in total. The van der Waals surface area contributed by atoms with Crippen LogP contribution < -0.4 is 10.2 Å². The Labute approximate surface area is 172 Å². The number of halogens is 1. The van der Waals surface area contributed by atoms with E-state index in [0.717, 1.165) is 27.9 Å². The van der Waals surface area contributed by atoms with Crippen molar-refractivity contribution in [1.29, 1.82) is 0 Å². The highest BCUT2D eigenvalue weighted by Crippen LogP contribution is 2.23. The largest absolute Gasteiger partial charge is 0.497 e. The van der Waals surface area contributed by atoms with Gasteiger partial charge in [-0.15, -0.1) is 0 Å². The van der Waals surface area contributed by atoms with E-state index in [1.54, 1.807) is 31.5 Å². The van der Waals surface area contributed by atoms with Crippen molar-refractivity contribution >= 4 is 34.8 Å². The van der Waals surface area contributed by atoms with Gasteiger partial charge in [0.1, 0.15) is 11.6 Å². The van der Waals surface area contributed by atoms with E-state index in [2.05, 4.69) is 20.5 Å². The van der Waals surface area contributed by atoms with Gasteiger partial charge < -0.3 is 9.72 Å². The Morgan fingerprint density at radius 2 is 1.97 bits per heavy atom. The average Bonchev–Trinajstić information content (AvgIpc) is 3.17. The molecule has 3 aromatic carbocycles. The number of amides is 1. The summed E-state index contributed by atoms with van der Waals surface area (Å²) in [6.07, 6.45) is 1.56. The van der Waals surface area contributed by atoms with Crippen molar-refractivity contribution in [2.75, 3.05) is 7.11 Å². The Balaban J connectivity index is 1.50. The molecule has 0 aliphatic rings. The summed E-state index contributed by atoms with van der Waals surface area (Å²) in [5.74, 6) is 1.13. The molecule has 0 bridgehead atoms. The summed E-state index contributed by atoms with van der Waals surface area (Å²) in [6.45, 7) is 0. The Kier molecular flexibility index (Phi) is 5.27. The van der Waals surface area contributed by atoms with E-state index in [1.807, 2.05) is 48.5 Å². The predicted molar refractivity (Wildman–Crippen MR) is 115 cm³/mol. The second kappa shape index (κ2) is 8.16. The molecule has 4 rings (SSSR count). The number of hydrogen-bond donors (Lipinski definition) is 2. The molecule has 0 saturated carbocycles. The van der Waals surface area contributed by atoms with Crippen LogP contribution in [0.25, 0.3) is 22.4 Å². The molecular weight excluding hydrogens is 388 g/mol. The van der Waals surface area contributed by atoms with E-state index in [4.69, 9.17) is 16.3 Å². The van der Waals surface area contributed by atoms with E-state index in [-0.39, 0.29) is 5.91 Å². The summed E-state index contributed by atoms with van der Waals surface area (Å²) in [4.78, 5) is 20.2. The molecule has 29 heavy (non-hydrogen) atoms. The second-order valence-corrected chi connectivity index (χ2v) is 6.74. The smallest absolute Gasteiger partial charge is 0.271 e. The fourth-order valence-electron chi connectivity index (χ4n) is 2.85. The maximum Gasteiger partial charge on any atom is 0.271 e. The Bertz CT molecular complexity index is 1200. The quantitative estimate of drug-likeness (QED) is 0.375. The van der Waals surface area contributed by atoms with Gasteiger partial charge in [0, 0.05) is 16.1 Å². The van der Waals surface area contributed by atoms with Gasteiger partial charge in [-0.05, 0) is 60.2 Å². The fraction of sp³-hybridized carbons (Fsp3) is 0.0455. The van der Waals surface area contributed by atoms with Crippen LogP contribution in [0.4, 0.5) is 0 Å². The number of fused-ring (bicyclic) bond motifs is 1. The van der Waals surface area contributed by atoms with E-state index in [9.17, 15) is 4.79 Å². The van der Waals surface area contributed by atoms with E-state index >= 15 is 0 Å². The number of nitrogens with one attached hydrogen (secondary N) is 2. The van der Waals surface area contributed by atoms with E-state index in [1.165, 1.54) is 0 Å². The molecule has 0 fully saturated rings. The molecule has 4 aromatic rings. The lowest BCUT2D eigenvalue weighted by molar-refractivity contribution is 0.0955. The highest BCUT2D eigenvalue weighted by molar-refractivity contribution is 6.30. The SMILES string of the molecule is COc1cccc(C=NNC(=O)c2ccc3nc(-c4ccc(Cl)cc4)[nH]c3c2)c1. The lowest BCUT2D eigenvalue weighted by Gasteiger charge is -2.01. The molecule has 1 amide bonds. The summed E-state index contributed by atoms with van der Waals surface area (Å²) in [7, 11) is 1.60. The van der Waals surface area contributed by atoms with Gasteiger partial charge in [-0.3, -0.25) is 4.79 Å². The van der Waals surface area contributed by atoms with Crippen LogP contribution in [-0.4, -0.2) is 29.2 Å². The molecule has 1 heterocycles. The summed E-state index contributed by atoms with van der Waals surface area (Å²) in [5, 5.41) is 4.68. The van der Waals surface area contributed by atoms with Crippen LogP contribution in [0.1, 0.15) is 15.9 Å². The van der Waals surface area contributed by atoms with Crippen molar-refractivity contribution in [1.82, 2.24) is 15.4 Å². The van der Waals surface area contributed by atoms with Crippen molar-refractivity contribution in [2.24, 2.45) is 5.10 Å². The van der Waals surface area contributed by atoms with E-state index < -0.39 is 0 Å². The third-order valence-corrected chi connectivity index (χ3v) is 4.59.